The van der Waals surface area contributed by atoms with Crippen LogP contribution in [0, 0.1) is 10.3 Å². The van der Waals surface area contributed by atoms with E-state index in [-0.39, 0.29) is 25.1 Å². The van der Waals surface area contributed by atoms with Crippen molar-refractivity contribution in [1.29, 1.82) is 0 Å². The summed E-state index contributed by atoms with van der Waals surface area (Å²) in [6, 6.07) is 2.10. The fourth-order valence-electron chi connectivity index (χ4n) is 4.53. The normalized spacial score (nSPS) is 27.0. The van der Waals surface area contributed by atoms with Crippen LogP contribution >= 0.6 is 0 Å². The highest BCUT2D eigenvalue weighted by atomic mass is 19.4. The lowest BCUT2D eigenvalue weighted by atomic mass is 9.51. The Hall–Kier alpha value is -2.32. The lowest BCUT2D eigenvalue weighted by Crippen LogP contribution is -2.66. The summed E-state index contributed by atoms with van der Waals surface area (Å²) in [7, 11) is 0. The molecule has 3 rings (SSSR count). The summed E-state index contributed by atoms with van der Waals surface area (Å²) in [5.41, 5.74) is -0.653. The van der Waals surface area contributed by atoms with Gasteiger partial charge in [0.1, 0.15) is 0 Å². The zero-order valence-electron chi connectivity index (χ0n) is 14.6. The van der Waals surface area contributed by atoms with Crippen LogP contribution in [0.3, 0.4) is 0 Å². The monoisotopic (exact) mass is 373 g/mol. The quantitative estimate of drug-likeness (QED) is 0.741. The molecule has 1 amide bonds. The minimum atomic E-state index is -4.98. The van der Waals surface area contributed by atoms with Gasteiger partial charge in [-0.15, -0.1) is 0 Å². The average molecular weight is 373 g/mol. The fourth-order valence-corrected chi connectivity index (χ4v) is 4.53. The number of phenolic OH excluding ortho intramolecular Hbond substituents is 1. The molecular weight excluding hydrogens is 353 g/mol. The molecule has 2 N–H and O–H groups in total. The number of halogens is 3. The first-order valence-electron chi connectivity index (χ1n) is 8.21. The van der Waals surface area contributed by atoms with Gasteiger partial charge in [0.25, 0.3) is 4.92 Å². The van der Waals surface area contributed by atoms with Gasteiger partial charge >= 0.3 is 17.8 Å². The Bertz CT molecular complexity index is 806. The van der Waals surface area contributed by atoms with Crippen molar-refractivity contribution < 1.29 is 33.2 Å². The molecule has 1 aromatic rings. The molecule has 1 aromatic carbocycles. The number of aromatic hydroxyl groups is 1. The van der Waals surface area contributed by atoms with Gasteiger partial charge in [0.2, 0.25) is 5.75 Å². The Morgan fingerprint density at radius 3 is 2.46 bits per heavy atom. The minimum absolute atomic E-state index is 0.0345. The van der Waals surface area contributed by atoms with Crippen LogP contribution in [0.1, 0.15) is 38.3 Å². The maximum absolute atomic E-state index is 13.0. The Morgan fingerprint density at radius 1 is 1.31 bits per heavy atom. The van der Waals surface area contributed by atoms with Crippen LogP contribution in [0.4, 0.5) is 18.9 Å². The maximum Gasteiger partial charge on any atom is 0.471 e. The molecule has 26 heavy (non-hydrogen) atoms. The summed E-state index contributed by atoms with van der Waals surface area (Å²) < 4.78 is 39.1. The van der Waals surface area contributed by atoms with Crippen molar-refractivity contribution in [1.82, 2.24) is 4.90 Å². The number of carbonyl (C=O) groups excluding carboxylic acids is 1. The van der Waals surface area contributed by atoms with Gasteiger partial charge in [-0.1, -0.05) is 26.8 Å². The van der Waals surface area contributed by atoms with Crippen molar-refractivity contribution in [3.8, 4) is 5.75 Å². The van der Waals surface area contributed by atoms with Crippen molar-refractivity contribution >= 4 is 11.6 Å². The number of phenols is 1. The Labute approximate surface area is 147 Å². The van der Waals surface area contributed by atoms with E-state index in [1.165, 1.54) is 6.07 Å². The standard InChI is InChI=1S/C17H19F3N2O4/c1-15(2)12-8-9-10(4-5-11(13(9)23)22(25)26)16(15,3)6-7-21(12)14(24)17(18,19)20/h4-5,12H,6-8H2,1-3H3,(H-,23,25,26)/p+1/t12-,16+/m1/s1. The first-order valence-corrected chi connectivity index (χ1v) is 8.21. The number of hydrogen-bond acceptors (Lipinski definition) is 3. The van der Waals surface area contributed by atoms with Crippen molar-refractivity contribution in [2.75, 3.05) is 6.54 Å². The number of likely N-dealkylation sites (tertiary alicyclic amines) is 1. The van der Waals surface area contributed by atoms with Gasteiger partial charge in [0.15, 0.2) is 0 Å². The van der Waals surface area contributed by atoms with E-state index in [1.807, 2.05) is 20.8 Å². The second-order valence-electron chi connectivity index (χ2n) is 7.75. The molecule has 1 saturated heterocycles. The van der Waals surface area contributed by atoms with E-state index in [9.17, 15) is 28.0 Å². The molecule has 0 aromatic heterocycles. The second kappa shape index (κ2) is 5.34. The largest absolute Gasteiger partial charge is 0.502 e. The number of benzene rings is 1. The molecule has 0 saturated carbocycles. The highest BCUT2D eigenvalue weighted by Gasteiger charge is 2.60. The summed E-state index contributed by atoms with van der Waals surface area (Å²) >= 11 is 0. The van der Waals surface area contributed by atoms with Gasteiger partial charge < -0.3 is 10.0 Å². The number of nitrogens with zero attached hydrogens (tertiary/aromatic N) is 2. The van der Waals surface area contributed by atoms with Crippen LogP contribution in [0.2, 0.25) is 0 Å². The maximum atomic E-state index is 13.0. The molecule has 9 heteroatoms. The van der Waals surface area contributed by atoms with Crippen LogP contribution in [0.25, 0.3) is 0 Å². The van der Waals surface area contributed by atoms with Crippen LogP contribution < -0.4 is 0 Å². The predicted molar refractivity (Wildman–Crippen MR) is 84.2 cm³/mol. The second-order valence-corrected chi connectivity index (χ2v) is 7.75. The molecule has 1 fully saturated rings. The summed E-state index contributed by atoms with van der Waals surface area (Å²) in [5.74, 6) is -2.36. The number of alkyl halides is 3. The number of fused-ring (bicyclic) bond motifs is 4. The van der Waals surface area contributed by atoms with E-state index in [4.69, 9.17) is 5.21 Å². The number of carbonyl (C=O) groups is 1. The number of piperidine rings is 1. The van der Waals surface area contributed by atoms with Crippen LogP contribution in [-0.2, 0) is 16.6 Å². The van der Waals surface area contributed by atoms with E-state index < -0.39 is 39.6 Å². The molecule has 1 aliphatic carbocycles. The molecule has 0 radical (unpaired) electrons. The summed E-state index contributed by atoms with van der Waals surface area (Å²) in [6.45, 7) is 5.47. The van der Waals surface area contributed by atoms with Crippen LogP contribution in [0.5, 0.6) is 5.75 Å². The zero-order valence-corrected chi connectivity index (χ0v) is 14.6. The molecule has 0 unspecified atom stereocenters. The van der Waals surface area contributed by atoms with Gasteiger partial charge in [0.05, 0.1) is 4.91 Å². The summed E-state index contributed by atoms with van der Waals surface area (Å²) in [5, 5.41) is 19.5. The highest BCUT2D eigenvalue weighted by Crippen LogP contribution is 2.58. The van der Waals surface area contributed by atoms with E-state index in [2.05, 4.69) is 0 Å². The molecule has 6 nitrogen and oxygen atoms in total. The molecule has 1 aliphatic heterocycles. The first-order chi connectivity index (χ1) is 11.8. The third kappa shape index (κ3) is 2.29. The third-order valence-corrected chi connectivity index (χ3v) is 6.45. The van der Waals surface area contributed by atoms with Gasteiger partial charge in [0, 0.05) is 29.6 Å². The number of hydrogen-bond donors (Lipinski definition) is 2. The van der Waals surface area contributed by atoms with Crippen LogP contribution in [0.15, 0.2) is 12.1 Å². The highest BCUT2D eigenvalue weighted by molar-refractivity contribution is 5.82. The van der Waals surface area contributed by atoms with E-state index in [0.29, 0.717) is 5.56 Å². The zero-order chi connectivity index (χ0) is 19.7. The molecule has 2 bridgehead atoms. The molecule has 2 aliphatic rings. The van der Waals surface area contributed by atoms with E-state index >= 15 is 0 Å². The molecule has 0 spiro atoms. The lowest BCUT2D eigenvalue weighted by Gasteiger charge is -2.60. The minimum Gasteiger partial charge on any atom is -0.502 e. The SMILES string of the molecule is CC1(C)[C@H]2Cc3c(ccc([N+](=O)O)c3O)[C@]1(C)CCN2C(=O)C(F)(F)F. The van der Waals surface area contributed by atoms with Gasteiger partial charge in [-0.25, -0.2) is 5.21 Å². The van der Waals surface area contributed by atoms with Crippen molar-refractivity contribution in [3.63, 3.8) is 0 Å². The third-order valence-electron chi connectivity index (χ3n) is 6.45. The van der Waals surface area contributed by atoms with E-state index in [1.54, 1.807) is 6.07 Å². The predicted octanol–water partition coefficient (Wildman–Crippen LogP) is 3.20. The van der Waals surface area contributed by atoms with Crippen molar-refractivity contribution in [2.45, 2.75) is 51.2 Å². The summed E-state index contributed by atoms with van der Waals surface area (Å²) in [6.07, 6.45) is -4.73. The lowest BCUT2D eigenvalue weighted by molar-refractivity contribution is -0.730. The molecule has 2 atom stereocenters. The molecule has 142 valence electrons. The molecule has 1 heterocycles. The number of rotatable bonds is 1. The van der Waals surface area contributed by atoms with Gasteiger partial charge in [-0.05, 0) is 23.8 Å². The Morgan fingerprint density at radius 2 is 1.92 bits per heavy atom. The topological polar surface area (TPSA) is 80.9 Å². The first kappa shape index (κ1) is 18.5. The number of amides is 1. The van der Waals surface area contributed by atoms with Gasteiger partial charge in [-0.3, -0.25) is 4.79 Å². The van der Waals surface area contributed by atoms with Crippen molar-refractivity contribution in [2.24, 2.45) is 5.41 Å². The molecular formula is C17H20F3N2O4+. The average Bonchev–Trinajstić information content (AvgIpc) is 2.49. The summed E-state index contributed by atoms with van der Waals surface area (Å²) in [4.78, 5) is 23.5. The Balaban J connectivity index is 2.18. The van der Waals surface area contributed by atoms with Crippen molar-refractivity contribution in [3.05, 3.63) is 28.2 Å². The van der Waals surface area contributed by atoms with Crippen LogP contribution in [-0.4, -0.2) is 44.8 Å². The van der Waals surface area contributed by atoms with Gasteiger partial charge in [-0.2, -0.15) is 13.2 Å². The Kier molecular flexibility index (Phi) is 3.79. The van der Waals surface area contributed by atoms with E-state index in [0.717, 1.165) is 10.5 Å². The smallest absolute Gasteiger partial charge is 0.471 e. The fraction of sp³-hybridized carbons (Fsp3) is 0.588.